The zero-order chi connectivity index (χ0) is 21.3. The molecular weight excluding hydrogens is 415 g/mol. The number of carbonyl (C=O) groups excluding carboxylic acids is 1. The van der Waals surface area contributed by atoms with Gasteiger partial charge in [0.05, 0.1) is 11.1 Å². The van der Waals surface area contributed by atoms with Gasteiger partial charge in [0.2, 0.25) is 5.91 Å². The van der Waals surface area contributed by atoms with Gasteiger partial charge in [0, 0.05) is 35.4 Å². The monoisotopic (exact) mass is 436 g/mol. The second-order valence-electron chi connectivity index (χ2n) is 7.56. The van der Waals surface area contributed by atoms with Crippen molar-refractivity contribution in [3.8, 4) is 11.1 Å². The Labute approximate surface area is 177 Å². The Kier molecular flexibility index (Phi) is 6.03. The highest BCUT2D eigenvalue weighted by Crippen LogP contribution is 2.28. The van der Waals surface area contributed by atoms with Gasteiger partial charge in [-0.05, 0) is 50.1 Å². The van der Waals surface area contributed by atoms with Crippen LogP contribution < -0.4 is 11.0 Å². The first-order valence-electron chi connectivity index (χ1n) is 9.06. The first-order chi connectivity index (χ1) is 13.5. The van der Waals surface area contributed by atoms with E-state index in [-0.39, 0.29) is 18.1 Å². The lowest BCUT2D eigenvalue weighted by molar-refractivity contribution is -0.121. The lowest BCUT2D eigenvalue weighted by Crippen LogP contribution is -2.35. The number of carbonyl (C=O) groups is 1. The van der Waals surface area contributed by atoms with E-state index >= 15 is 0 Å². The van der Waals surface area contributed by atoms with Crippen LogP contribution in [0.2, 0.25) is 10.0 Å². The minimum absolute atomic E-state index is 0.155. The Morgan fingerprint density at radius 1 is 1.17 bits per heavy atom. The van der Waals surface area contributed by atoms with Crippen LogP contribution >= 0.6 is 23.2 Å². The summed E-state index contributed by atoms with van der Waals surface area (Å²) in [7, 11) is 1.63. The summed E-state index contributed by atoms with van der Waals surface area (Å²) < 4.78 is 2.77. The Morgan fingerprint density at radius 3 is 2.45 bits per heavy atom. The summed E-state index contributed by atoms with van der Waals surface area (Å²) in [6, 6.07) is 6.98. The molecule has 7 nitrogen and oxygen atoms in total. The molecule has 2 N–H and O–H groups in total. The van der Waals surface area contributed by atoms with Gasteiger partial charge in [-0.2, -0.15) is 0 Å². The molecule has 154 valence electrons. The van der Waals surface area contributed by atoms with Crippen LogP contribution in [0.4, 0.5) is 0 Å². The highest BCUT2D eigenvalue weighted by Gasteiger charge is 2.17. The average molecular weight is 437 g/mol. The highest BCUT2D eigenvalue weighted by molar-refractivity contribution is 6.35. The van der Waals surface area contributed by atoms with Gasteiger partial charge < -0.3 is 10.4 Å². The van der Waals surface area contributed by atoms with Crippen molar-refractivity contribution in [3.63, 3.8) is 0 Å². The summed E-state index contributed by atoms with van der Waals surface area (Å²) in [6.45, 7) is 3.50. The first-order valence-corrected chi connectivity index (χ1v) is 9.81. The molecule has 29 heavy (non-hydrogen) atoms. The third-order valence-corrected chi connectivity index (χ3v) is 4.98. The molecule has 9 heteroatoms. The topological polar surface area (TPSA) is 89.2 Å². The van der Waals surface area contributed by atoms with E-state index in [1.54, 1.807) is 45.3 Å². The quantitative estimate of drug-likeness (QED) is 0.621. The predicted molar refractivity (Wildman–Crippen MR) is 114 cm³/mol. The molecule has 0 aliphatic heterocycles. The van der Waals surface area contributed by atoms with E-state index in [2.05, 4.69) is 10.3 Å². The zero-order valence-corrected chi connectivity index (χ0v) is 17.9. The Hall–Kier alpha value is -2.35. The van der Waals surface area contributed by atoms with Crippen LogP contribution in [0.25, 0.3) is 22.3 Å². The number of benzene rings is 1. The lowest BCUT2D eigenvalue weighted by atomic mass is 10.1. The summed E-state index contributed by atoms with van der Waals surface area (Å²) in [6.07, 6.45) is 2.03. The van der Waals surface area contributed by atoms with Crippen LogP contribution in [-0.4, -0.2) is 37.3 Å². The molecule has 0 atom stereocenters. The molecular formula is C20H22Cl2N4O3. The average Bonchev–Trinajstić information content (AvgIpc) is 2.84. The maximum absolute atomic E-state index is 12.6. The number of rotatable bonds is 6. The number of fused-ring (bicyclic) bond motifs is 1. The number of aliphatic hydroxyl groups is 1. The van der Waals surface area contributed by atoms with Crippen molar-refractivity contribution in [2.24, 2.45) is 7.05 Å². The van der Waals surface area contributed by atoms with Crippen LogP contribution in [0.3, 0.4) is 0 Å². The van der Waals surface area contributed by atoms with E-state index in [0.29, 0.717) is 34.2 Å². The molecule has 0 aliphatic rings. The van der Waals surface area contributed by atoms with Crippen molar-refractivity contribution in [1.29, 1.82) is 0 Å². The van der Waals surface area contributed by atoms with Gasteiger partial charge in [-0.1, -0.05) is 23.2 Å². The number of aromatic nitrogens is 3. The fourth-order valence-electron chi connectivity index (χ4n) is 3.00. The minimum Gasteiger partial charge on any atom is -0.390 e. The summed E-state index contributed by atoms with van der Waals surface area (Å²) in [5.74, 6) is -0.323. The van der Waals surface area contributed by atoms with Crippen LogP contribution in [-0.2, 0) is 18.4 Å². The van der Waals surface area contributed by atoms with Crippen LogP contribution in [0.1, 0.15) is 20.3 Å². The Balaban J connectivity index is 1.89. The van der Waals surface area contributed by atoms with E-state index in [1.165, 1.54) is 9.13 Å². The van der Waals surface area contributed by atoms with E-state index in [9.17, 15) is 14.7 Å². The fraction of sp³-hybridized carbons (Fsp3) is 0.350. The van der Waals surface area contributed by atoms with E-state index in [0.717, 1.165) is 11.1 Å². The molecule has 0 spiro atoms. The SMILES string of the molecule is Cn1c(=O)n(CC(=O)NCCC(C)(C)O)c2ncc(-c3cc(Cl)cc(Cl)c3)cc21. The van der Waals surface area contributed by atoms with E-state index < -0.39 is 5.60 Å². The molecule has 3 aromatic rings. The number of imidazole rings is 1. The number of hydrogen-bond acceptors (Lipinski definition) is 4. The second-order valence-corrected chi connectivity index (χ2v) is 8.44. The van der Waals surface area contributed by atoms with Gasteiger partial charge >= 0.3 is 5.69 Å². The smallest absolute Gasteiger partial charge is 0.330 e. The molecule has 3 rings (SSSR count). The van der Waals surface area contributed by atoms with Gasteiger partial charge in [-0.15, -0.1) is 0 Å². The standard InChI is InChI=1S/C20H22Cl2N4O3/c1-20(2,29)4-5-23-17(27)11-26-18-16(25(3)19(26)28)8-13(10-24-18)12-6-14(21)9-15(22)7-12/h6-10,29H,4-5,11H2,1-3H3,(H,23,27). The van der Waals surface area contributed by atoms with Crippen LogP contribution in [0.15, 0.2) is 35.3 Å². The maximum Gasteiger partial charge on any atom is 0.330 e. The number of hydrogen-bond donors (Lipinski definition) is 2. The number of nitrogens with one attached hydrogen (secondary N) is 1. The molecule has 2 heterocycles. The van der Waals surface area contributed by atoms with Gasteiger partial charge in [-0.3, -0.25) is 13.9 Å². The molecule has 2 aromatic heterocycles. The summed E-state index contributed by atoms with van der Waals surface area (Å²) >= 11 is 12.2. The second kappa shape index (κ2) is 8.18. The molecule has 0 saturated carbocycles. The van der Waals surface area contributed by atoms with E-state index in [1.807, 2.05) is 6.07 Å². The summed E-state index contributed by atoms with van der Waals surface area (Å²) in [4.78, 5) is 29.3. The van der Waals surface area contributed by atoms with Gasteiger partial charge in [-0.25, -0.2) is 9.78 Å². The van der Waals surface area contributed by atoms with Crippen molar-refractivity contribution < 1.29 is 9.90 Å². The van der Waals surface area contributed by atoms with Crippen molar-refractivity contribution >= 4 is 40.3 Å². The van der Waals surface area contributed by atoms with Gasteiger partial charge in [0.25, 0.3) is 0 Å². The largest absolute Gasteiger partial charge is 0.390 e. The molecule has 0 aliphatic carbocycles. The molecule has 1 aromatic carbocycles. The van der Waals surface area contributed by atoms with E-state index in [4.69, 9.17) is 23.2 Å². The predicted octanol–water partition coefficient (Wildman–Crippen LogP) is 2.99. The minimum atomic E-state index is -0.870. The number of halogens is 2. The zero-order valence-electron chi connectivity index (χ0n) is 16.4. The summed E-state index contributed by atoms with van der Waals surface area (Å²) in [5.41, 5.74) is 1.32. The molecule has 1 amide bonds. The summed E-state index contributed by atoms with van der Waals surface area (Å²) in [5, 5.41) is 13.4. The molecule has 0 saturated heterocycles. The van der Waals surface area contributed by atoms with Gasteiger partial charge in [0.15, 0.2) is 5.65 Å². The third-order valence-electron chi connectivity index (χ3n) is 4.54. The van der Waals surface area contributed by atoms with Crippen molar-refractivity contribution in [1.82, 2.24) is 19.4 Å². The normalized spacial score (nSPS) is 11.8. The van der Waals surface area contributed by atoms with Crippen molar-refractivity contribution in [2.75, 3.05) is 6.54 Å². The molecule has 0 bridgehead atoms. The number of aryl methyl sites for hydroxylation is 1. The van der Waals surface area contributed by atoms with Crippen LogP contribution in [0, 0.1) is 0 Å². The van der Waals surface area contributed by atoms with Gasteiger partial charge in [0.1, 0.15) is 6.54 Å². The van der Waals surface area contributed by atoms with Crippen molar-refractivity contribution in [3.05, 3.63) is 51.0 Å². The maximum atomic E-state index is 12.6. The Morgan fingerprint density at radius 2 is 1.83 bits per heavy atom. The molecule has 0 fully saturated rings. The Bertz CT molecular complexity index is 1110. The molecule has 0 radical (unpaired) electrons. The van der Waals surface area contributed by atoms with Crippen molar-refractivity contribution in [2.45, 2.75) is 32.4 Å². The highest BCUT2D eigenvalue weighted by atomic mass is 35.5. The molecule has 0 unspecified atom stereocenters. The first kappa shape index (κ1) is 21.4. The number of amides is 1. The fourth-order valence-corrected chi connectivity index (χ4v) is 3.53. The number of nitrogens with zero attached hydrogens (tertiary/aromatic N) is 3. The van der Waals surface area contributed by atoms with Crippen LogP contribution in [0.5, 0.6) is 0 Å². The lowest BCUT2D eigenvalue weighted by Gasteiger charge is -2.16. The third kappa shape index (κ3) is 4.98. The number of pyridine rings is 1.